The largest absolute Gasteiger partial charge is 0.339 e. The Balaban J connectivity index is 3.70. The molecule has 15 heavy (non-hydrogen) atoms. The van der Waals surface area contributed by atoms with Gasteiger partial charge in [0.15, 0.2) is 12.1 Å². The van der Waals surface area contributed by atoms with Crippen LogP contribution in [0.5, 0.6) is 0 Å². The SMILES string of the molecule is O=CP1(O)=NP(O)(O)=NP(C=O)(C=O)=N1. The fraction of sp³-hybridized carbons (Fsp3) is 0. The van der Waals surface area contributed by atoms with E-state index in [0.29, 0.717) is 0 Å². The van der Waals surface area contributed by atoms with E-state index in [1.165, 1.54) is 0 Å². The van der Waals surface area contributed by atoms with E-state index >= 15 is 0 Å². The van der Waals surface area contributed by atoms with Crippen LogP contribution in [0.25, 0.3) is 0 Å². The van der Waals surface area contributed by atoms with Crippen molar-refractivity contribution in [2.75, 3.05) is 0 Å². The van der Waals surface area contributed by atoms with Crippen LogP contribution in [0.15, 0.2) is 13.5 Å². The second-order valence-corrected chi connectivity index (χ2v) is 8.92. The summed E-state index contributed by atoms with van der Waals surface area (Å²) >= 11 is 0. The van der Waals surface area contributed by atoms with Crippen LogP contribution in [0.1, 0.15) is 0 Å². The zero-order valence-corrected chi connectivity index (χ0v) is 9.66. The van der Waals surface area contributed by atoms with E-state index in [2.05, 4.69) is 13.5 Å². The molecule has 1 atom stereocenters. The zero-order chi connectivity index (χ0) is 11.7. The van der Waals surface area contributed by atoms with E-state index in [1.54, 1.807) is 0 Å². The average molecular weight is 273 g/mol. The molecule has 0 saturated heterocycles. The first-order valence-electron chi connectivity index (χ1n) is 3.28. The molecule has 0 radical (unpaired) electrons. The van der Waals surface area contributed by atoms with Gasteiger partial charge >= 0.3 is 7.66 Å². The van der Waals surface area contributed by atoms with Crippen LogP contribution in [0.2, 0.25) is 0 Å². The number of hydrogen-bond acceptors (Lipinski definition) is 6. The normalized spacial score (nSPS) is 31.4. The summed E-state index contributed by atoms with van der Waals surface area (Å²) in [5.41, 5.74) is 0. The van der Waals surface area contributed by atoms with Crippen LogP contribution in [0.3, 0.4) is 0 Å². The maximum Gasteiger partial charge on any atom is 0.339 e. The monoisotopic (exact) mass is 273 g/mol. The van der Waals surface area contributed by atoms with Gasteiger partial charge in [0.2, 0.25) is 13.2 Å². The predicted molar refractivity (Wildman–Crippen MR) is 55.0 cm³/mol. The number of nitrogens with zero attached hydrogens (tertiary/aromatic N) is 3. The molecule has 1 unspecified atom stereocenters. The first-order valence-corrected chi connectivity index (χ1v) is 8.43. The van der Waals surface area contributed by atoms with Gasteiger partial charge in [0, 0.05) is 0 Å². The van der Waals surface area contributed by atoms with Crippen molar-refractivity contribution in [3.05, 3.63) is 0 Å². The Morgan fingerprint density at radius 1 is 0.800 bits per heavy atom. The predicted octanol–water partition coefficient (Wildman–Crippen LogP) is 0.641. The molecule has 0 aliphatic carbocycles. The molecule has 0 amide bonds. The lowest BCUT2D eigenvalue weighted by molar-refractivity contribution is 0.468. The minimum absolute atomic E-state index is 0.00431. The lowest BCUT2D eigenvalue weighted by atomic mass is 11.8. The van der Waals surface area contributed by atoms with E-state index in [1.807, 2.05) is 0 Å². The summed E-state index contributed by atoms with van der Waals surface area (Å²) < 4.78 is 9.30. The zero-order valence-electron chi connectivity index (χ0n) is 6.98. The highest BCUT2D eigenvalue weighted by Crippen LogP contribution is 2.71. The number of carbonyl (C=O) groups excluding carboxylic acids is 3. The van der Waals surface area contributed by atoms with Crippen molar-refractivity contribution in [2.45, 2.75) is 0 Å². The fourth-order valence-electron chi connectivity index (χ4n) is 0.785. The Labute approximate surface area is 83.7 Å². The first-order chi connectivity index (χ1) is 6.80. The Bertz CT molecular complexity index is 475. The minimum Gasteiger partial charge on any atom is -0.338 e. The minimum atomic E-state index is -4.32. The molecule has 12 heteroatoms. The molecule has 1 heterocycles. The molecule has 0 saturated carbocycles. The summed E-state index contributed by atoms with van der Waals surface area (Å²) in [6.45, 7) is 0. The molecular formula is C3H6N3O6P3. The van der Waals surface area contributed by atoms with E-state index in [9.17, 15) is 19.3 Å². The molecule has 0 aromatic rings. The van der Waals surface area contributed by atoms with Gasteiger partial charge in [-0.1, -0.05) is 0 Å². The number of rotatable bonds is 3. The third-order valence-corrected chi connectivity index (χ3v) is 8.46. The van der Waals surface area contributed by atoms with E-state index < -0.39 is 22.3 Å². The Morgan fingerprint density at radius 2 is 1.33 bits per heavy atom. The number of hydrogen-bond donors (Lipinski definition) is 3. The first kappa shape index (κ1) is 12.6. The standard InChI is InChI=1S/C3H6N3O6P3/c7-1-13(2-8)4-14(10,3-9)6-15(11,12)5-13/h1-3,10-12H. The summed E-state index contributed by atoms with van der Waals surface area (Å²) in [6.07, 6.45) is 0. The van der Waals surface area contributed by atoms with Crippen molar-refractivity contribution in [3.63, 3.8) is 0 Å². The fourth-order valence-corrected chi connectivity index (χ4v) is 7.88. The highest BCUT2D eigenvalue weighted by molar-refractivity contribution is 8.00. The van der Waals surface area contributed by atoms with Gasteiger partial charge in [0.1, 0.15) is 0 Å². The van der Waals surface area contributed by atoms with Crippen LogP contribution < -0.4 is 0 Å². The lowest BCUT2D eigenvalue weighted by Crippen LogP contribution is -1.90. The van der Waals surface area contributed by atoms with E-state index in [-0.39, 0.29) is 18.1 Å². The summed E-state index contributed by atoms with van der Waals surface area (Å²) in [6, 6.07) is -0.0979. The molecule has 9 nitrogen and oxygen atoms in total. The van der Waals surface area contributed by atoms with Gasteiger partial charge < -0.3 is 14.7 Å². The molecule has 0 aromatic carbocycles. The topological polar surface area (TPSA) is 149 Å². The van der Waals surface area contributed by atoms with Crippen molar-refractivity contribution in [2.24, 2.45) is 13.5 Å². The van der Waals surface area contributed by atoms with Crippen molar-refractivity contribution >= 4 is 40.4 Å². The summed E-state index contributed by atoms with van der Waals surface area (Å²) in [4.78, 5) is 59.2. The van der Waals surface area contributed by atoms with Gasteiger partial charge in [-0.3, -0.25) is 14.4 Å². The summed E-state index contributed by atoms with van der Waals surface area (Å²) in [5, 5.41) is 0. The smallest absolute Gasteiger partial charge is 0.338 e. The van der Waals surface area contributed by atoms with E-state index in [0.717, 1.165) is 0 Å². The van der Waals surface area contributed by atoms with Gasteiger partial charge in [-0.2, -0.15) is 13.5 Å². The van der Waals surface area contributed by atoms with Crippen LogP contribution in [-0.2, 0) is 14.4 Å². The van der Waals surface area contributed by atoms with Crippen molar-refractivity contribution in [1.82, 2.24) is 0 Å². The molecule has 84 valence electrons. The van der Waals surface area contributed by atoms with Gasteiger partial charge in [-0.05, 0) is 0 Å². The van der Waals surface area contributed by atoms with Gasteiger partial charge in [-0.15, -0.1) is 0 Å². The third-order valence-electron chi connectivity index (χ3n) is 1.24. The Kier molecular flexibility index (Phi) is 3.26. The summed E-state index contributed by atoms with van der Waals surface area (Å²) in [7, 11) is -12.0. The molecule has 1 aliphatic rings. The Hall–Kier alpha value is -0.420. The molecule has 3 N–H and O–H groups in total. The van der Waals surface area contributed by atoms with Gasteiger partial charge in [0.05, 0.1) is 0 Å². The lowest BCUT2D eigenvalue weighted by Gasteiger charge is -2.19. The van der Waals surface area contributed by atoms with E-state index in [4.69, 9.17) is 9.79 Å². The highest BCUT2D eigenvalue weighted by atomic mass is 31.3. The van der Waals surface area contributed by atoms with Crippen LogP contribution in [0, 0.1) is 0 Å². The second-order valence-electron chi connectivity index (χ2n) is 2.44. The molecule has 0 fully saturated rings. The Morgan fingerprint density at radius 3 is 1.73 bits per heavy atom. The van der Waals surface area contributed by atoms with Crippen molar-refractivity contribution in [3.8, 4) is 0 Å². The molecule has 1 rings (SSSR count). The second kappa shape index (κ2) is 3.87. The van der Waals surface area contributed by atoms with Crippen LogP contribution in [0.4, 0.5) is 0 Å². The van der Waals surface area contributed by atoms with Crippen LogP contribution in [-0.4, -0.2) is 32.8 Å². The quantitative estimate of drug-likeness (QED) is 0.507. The third kappa shape index (κ3) is 2.58. The molecule has 0 bridgehead atoms. The maximum atomic E-state index is 10.6. The van der Waals surface area contributed by atoms with Crippen molar-refractivity contribution in [1.29, 1.82) is 0 Å². The van der Waals surface area contributed by atoms with Crippen LogP contribution >= 0.6 is 22.3 Å². The maximum absolute atomic E-state index is 10.6. The molecular weight excluding hydrogens is 267 g/mol. The van der Waals surface area contributed by atoms with Crippen molar-refractivity contribution < 1.29 is 29.1 Å². The molecule has 1 aliphatic heterocycles. The molecule has 0 spiro atoms. The molecule has 0 aromatic heterocycles. The van der Waals surface area contributed by atoms with Gasteiger partial charge in [0.25, 0.3) is 7.43 Å². The number of carbonyl (C=O) groups is 3. The van der Waals surface area contributed by atoms with Gasteiger partial charge in [-0.25, -0.2) is 0 Å². The summed E-state index contributed by atoms with van der Waals surface area (Å²) in [5.74, 6) is 0. The highest BCUT2D eigenvalue weighted by Gasteiger charge is 2.34. The average Bonchev–Trinajstić information content (AvgIpc) is 2.15.